The number of para-hydroxylation sites is 3. The van der Waals surface area contributed by atoms with E-state index < -0.39 is 0 Å². The second-order valence-electron chi connectivity index (χ2n) is 4.86. The number of aromatic nitrogens is 2. The third kappa shape index (κ3) is 2.51. The van der Waals surface area contributed by atoms with Crippen LogP contribution in [-0.2, 0) is 6.54 Å². The summed E-state index contributed by atoms with van der Waals surface area (Å²) in [7, 11) is 0. The predicted octanol–water partition coefficient (Wildman–Crippen LogP) is 3.12. The summed E-state index contributed by atoms with van der Waals surface area (Å²) >= 11 is 0. The number of fused-ring (bicyclic) bond motifs is 1. The molecule has 1 aromatic heterocycles. The van der Waals surface area contributed by atoms with Gasteiger partial charge in [-0.1, -0.05) is 30.3 Å². The van der Waals surface area contributed by atoms with Crippen molar-refractivity contribution in [1.82, 2.24) is 15.3 Å². The largest absolute Gasteiger partial charge is 0.508 e. The van der Waals surface area contributed by atoms with Crippen LogP contribution in [0.15, 0.2) is 48.5 Å². The lowest BCUT2D eigenvalue weighted by Crippen LogP contribution is -2.18. The Morgan fingerprint density at radius 2 is 1.90 bits per heavy atom. The summed E-state index contributed by atoms with van der Waals surface area (Å²) in [6.45, 7) is 2.65. The first-order valence-electron chi connectivity index (χ1n) is 6.69. The van der Waals surface area contributed by atoms with Crippen LogP contribution >= 0.6 is 0 Å². The van der Waals surface area contributed by atoms with Gasteiger partial charge >= 0.3 is 0 Å². The van der Waals surface area contributed by atoms with Gasteiger partial charge in [-0.05, 0) is 25.1 Å². The molecule has 0 aliphatic rings. The van der Waals surface area contributed by atoms with Crippen molar-refractivity contribution in [2.75, 3.05) is 0 Å². The summed E-state index contributed by atoms with van der Waals surface area (Å²) in [6.07, 6.45) is 0. The van der Waals surface area contributed by atoms with Gasteiger partial charge in [0.05, 0.1) is 17.6 Å². The highest BCUT2D eigenvalue weighted by Crippen LogP contribution is 2.23. The Hall–Kier alpha value is -2.33. The van der Waals surface area contributed by atoms with Crippen LogP contribution < -0.4 is 5.32 Å². The van der Waals surface area contributed by atoms with Crippen LogP contribution in [0.2, 0.25) is 0 Å². The zero-order valence-corrected chi connectivity index (χ0v) is 11.3. The maximum Gasteiger partial charge on any atom is 0.121 e. The molecule has 0 spiro atoms. The van der Waals surface area contributed by atoms with Crippen LogP contribution in [0.4, 0.5) is 0 Å². The number of hydrogen-bond acceptors (Lipinski definition) is 3. The molecule has 0 aliphatic carbocycles. The summed E-state index contributed by atoms with van der Waals surface area (Å²) < 4.78 is 0. The quantitative estimate of drug-likeness (QED) is 0.680. The van der Waals surface area contributed by atoms with Crippen molar-refractivity contribution in [3.05, 3.63) is 59.9 Å². The number of aromatic amines is 1. The van der Waals surface area contributed by atoms with Crippen molar-refractivity contribution < 1.29 is 5.11 Å². The smallest absolute Gasteiger partial charge is 0.121 e. The average Bonchev–Trinajstić information content (AvgIpc) is 2.88. The number of benzene rings is 2. The highest BCUT2D eigenvalue weighted by atomic mass is 16.3. The number of phenols is 1. The fraction of sp³-hybridized carbons (Fsp3) is 0.188. The Balaban J connectivity index is 1.71. The second kappa shape index (κ2) is 5.35. The zero-order valence-electron chi connectivity index (χ0n) is 11.3. The first-order valence-corrected chi connectivity index (χ1v) is 6.69. The Labute approximate surface area is 117 Å². The molecule has 3 N–H and O–H groups in total. The minimum absolute atomic E-state index is 0.0596. The monoisotopic (exact) mass is 267 g/mol. The van der Waals surface area contributed by atoms with Gasteiger partial charge in [-0.2, -0.15) is 0 Å². The standard InChI is InChI=1S/C16H17N3O/c1-11(12-6-2-5-9-15(12)20)17-10-16-18-13-7-3-4-8-14(13)19-16/h2-9,11,17,20H,10H2,1H3,(H,18,19). The summed E-state index contributed by atoms with van der Waals surface area (Å²) in [6, 6.07) is 15.4. The summed E-state index contributed by atoms with van der Waals surface area (Å²) in [5.41, 5.74) is 2.91. The molecule has 1 heterocycles. The van der Waals surface area contributed by atoms with E-state index in [-0.39, 0.29) is 6.04 Å². The average molecular weight is 267 g/mol. The van der Waals surface area contributed by atoms with Gasteiger partial charge < -0.3 is 15.4 Å². The van der Waals surface area contributed by atoms with Crippen molar-refractivity contribution in [3.8, 4) is 5.75 Å². The van der Waals surface area contributed by atoms with E-state index in [1.807, 2.05) is 49.4 Å². The van der Waals surface area contributed by atoms with E-state index in [9.17, 15) is 5.11 Å². The first kappa shape index (κ1) is 12.7. The minimum atomic E-state index is 0.0596. The number of hydrogen-bond donors (Lipinski definition) is 3. The molecule has 102 valence electrons. The normalized spacial score (nSPS) is 12.7. The molecule has 0 saturated heterocycles. The fourth-order valence-corrected chi connectivity index (χ4v) is 2.30. The lowest BCUT2D eigenvalue weighted by Gasteiger charge is -2.14. The molecule has 0 bridgehead atoms. The van der Waals surface area contributed by atoms with Crippen molar-refractivity contribution >= 4 is 11.0 Å². The van der Waals surface area contributed by atoms with Gasteiger partial charge in [-0.15, -0.1) is 0 Å². The second-order valence-corrected chi connectivity index (χ2v) is 4.86. The van der Waals surface area contributed by atoms with E-state index in [0.717, 1.165) is 22.4 Å². The van der Waals surface area contributed by atoms with Gasteiger partial charge in [0.2, 0.25) is 0 Å². The van der Waals surface area contributed by atoms with Crippen LogP contribution in [-0.4, -0.2) is 15.1 Å². The molecule has 20 heavy (non-hydrogen) atoms. The van der Waals surface area contributed by atoms with E-state index >= 15 is 0 Å². The fourth-order valence-electron chi connectivity index (χ4n) is 2.30. The predicted molar refractivity (Wildman–Crippen MR) is 79.5 cm³/mol. The van der Waals surface area contributed by atoms with Crippen molar-refractivity contribution in [3.63, 3.8) is 0 Å². The van der Waals surface area contributed by atoms with Crippen LogP contribution in [0.1, 0.15) is 24.4 Å². The Morgan fingerprint density at radius 1 is 1.15 bits per heavy atom. The van der Waals surface area contributed by atoms with Crippen LogP contribution in [0, 0.1) is 0 Å². The Kier molecular flexibility index (Phi) is 3.39. The molecule has 0 fully saturated rings. The number of H-pyrrole nitrogens is 1. The van der Waals surface area contributed by atoms with Gasteiger partial charge in [0, 0.05) is 11.6 Å². The van der Waals surface area contributed by atoms with Gasteiger partial charge in [0.1, 0.15) is 11.6 Å². The van der Waals surface area contributed by atoms with E-state index in [2.05, 4.69) is 15.3 Å². The molecule has 0 aliphatic heterocycles. The van der Waals surface area contributed by atoms with Crippen molar-refractivity contribution in [2.24, 2.45) is 0 Å². The summed E-state index contributed by atoms with van der Waals surface area (Å²) in [5.74, 6) is 1.21. The number of aromatic hydroxyl groups is 1. The van der Waals surface area contributed by atoms with Crippen LogP contribution in [0.3, 0.4) is 0 Å². The molecule has 4 nitrogen and oxygen atoms in total. The summed E-state index contributed by atoms with van der Waals surface area (Å²) in [4.78, 5) is 7.80. The third-order valence-electron chi connectivity index (χ3n) is 3.42. The lowest BCUT2D eigenvalue weighted by molar-refractivity contribution is 0.451. The highest BCUT2D eigenvalue weighted by molar-refractivity contribution is 5.74. The molecule has 4 heteroatoms. The van der Waals surface area contributed by atoms with Gasteiger partial charge in [0.25, 0.3) is 0 Å². The highest BCUT2D eigenvalue weighted by Gasteiger charge is 2.10. The lowest BCUT2D eigenvalue weighted by atomic mass is 10.1. The van der Waals surface area contributed by atoms with Crippen molar-refractivity contribution in [2.45, 2.75) is 19.5 Å². The number of imidazole rings is 1. The number of nitrogens with zero attached hydrogens (tertiary/aromatic N) is 1. The number of nitrogens with one attached hydrogen (secondary N) is 2. The van der Waals surface area contributed by atoms with Gasteiger partial charge in [0.15, 0.2) is 0 Å². The van der Waals surface area contributed by atoms with E-state index in [0.29, 0.717) is 12.3 Å². The van der Waals surface area contributed by atoms with E-state index in [4.69, 9.17) is 0 Å². The molecule has 3 aromatic rings. The molecule has 2 aromatic carbocycles. The molecular formula is C16H17N3O. The maximum atomic E-state index is 9.83. The topological polar surface area (TPSA) is 60.9 Å². The SMILES string of the molecule is CC(NCc1nc2ccccc2[nH]1)c1ccccc1O. The molecule has 0 saturated carbocycles. The Morgan fingerprint density at radius 3 is 2.70 bits per heavy atom. The Bertz CT molecular complexity index is 687. The van der Waals surface area contributed by atoms with E-state index in [1.54, 1.807) is 6.07 Å². The minimum Gasteiger partial charge on any atom is -0.508 e. The first-order chi connectivity index (χ1) is 9.74. The zero-order chi connectivity index (χ0) is 13.9. The van der Waals surface area contributed by atoms with Crippen LogP contribution in [0.5, 0.6) is 5.75 Å². The summed E-state index contributed by atoms with van der Waals surface area (Å²) in [5, 5.41) is 13.2. The van der Waals surface area contributed by atoms with Gasteiger partial charge in [-0.3, -0.25) is 0 Å². The van der Waals surface area contributed by atoms with Gasteiger partial charge in [-0.25, -0.2) is 4.98 Å². The molecule has 1 unspecified atom stereocenters. The van der Waals surface area contributed by atoms with Crippen molar-refractivity contribution in [1.29, 1.82) is 0 Å². The van der Waals surface area contributed by atoms with E-state index in [1.165, 1.54) is 0 Å². The maximum absolute atomic E-state index is 9.83. The third-order valence-corrected chi connectivity index (χ3v) is 3.42. The number of rotatable bonds is 4. The molecular weight excluding hydrogens is 250 g/mol. The molecule has 0 radical (unpaired) electrons. The molecule has 0 amide bonds. The molecule has 1 atom stereocenters. The number of phenolic OH excluding ortho intramolecular Hbond substituents is 1. The molecule has 3 rings (SSSR count). The van der Waals surface area contributed by atoms with Crippen LogP contribution in [0.25, 0.3) is 11.0 Å².